The summed E-state index contributed by atoms with van der Waals surface area (Å²) >= 11 is 5.71. The van der Waals surface area contributed by atoms with Crippen molar-refractivity contribution in [2.24, 2.45) is 0 Å². The third kappa shape index (κ3) is 1.99. The zero-order valence-electron chi connectivity index (χ0n) is 8.90. The van der Waals surface area contributed by atoms with Crippen molar-refractivity contribution in [1.82, 2.24) is 10.2 Å². The molecule has 0 atom stereocenters. The second-order valence-electron chi connectivity index (χ2n) is 3.70. The Labute approximate surface area is 103 Å². The first-order chi connectivity index (χ1) is 8.33. The number of rotatable bonds is 3. The van der Waals surface area contributed by atoms with Gasteiger partial charge in [-0.05, 0) is 29.8 Å². The summed E-state index contributed by atoms with van der Waals surface area (Å²) < 4.78 is 5.28. The predicted octanol–water partition coefficient (Wildman–Crippen LogP) is 3.42. The number of fused-ring (bicyclic) bond motifs is 1. The van der Waals surface area contributed by atoms with Gasteiger partial charge in [-0.3, -0.25) is 5.10 Å². The maximum Gasteiger partial charge on any atom is 0.193 e. The van der Waals surface area contributed by atoms with Crippen LogP contribution in [-0.2, 0) is 6.54 Å². The summed E-state index contributed by atoms with van der Waals surface area (Å²) in [6.07, 6.45) is 1.80. The summed E-state index contributed by atoms with van der Waals surface area (Å²) in [5.41, 5.74) is 1.98. The first kappa shape index (κ1) is 10.2. The van der Waals surface area contributed by atoms with E-state index in [-0.39, 0.29) is 0 Å². The number of hydrogen-bond acceptors (Lipinski definition) is 3. The van der Waals surface area contributed by atoms with Crippen LogP contribution in [0.15, 0.2) is 40.9 Å². The van der Waals surface area contributed by atoms with Crippen molar-refractivity contribution in [3.8, 4) is 0 Å². The summed E-state index contributed by atoms with van der Waals surface area (Å²) in [5.74, 6) is 0.798. The molecule has 0 fully saturated rings. The molecule has 0 amide bonds. The van der Waals surface area contributed by atoms with Crippen molar-refractivity contribution >= 4 is 28.2 Å². The van der Waals surface area contributed by atoms with Crippen LogP contribution in [0.25, 0.3) is 10.9 Å². The van der Waals surface area contributed by atoms with Gasteiger partial charge in [0, 0.05) is 5.39 Å². The summed E-state index contributed by atoms with van der Waals surface area (Å²) in [6, 6.07) is 9.56. The Morgan fingerprint density at radius 3 is 3.06 bits per heavy atom. The lowest BCUT2D eigenvalue weighted by molar-refractivity contribution is 0.520. The first-order valence-electron chi connectivity index (χ1n) is 5.23. The Bertz CT molecular complexity index is 644. The van der Waals surface area contributed by atoms with Gasteiger partial charge >= 0.3 is 0 Å². The Hall–Kier alpha value is -1.94. The van der Waals surface area contributed by atoms with Gasteiger partial charge in [-0.15, -0.1) is 0 Å². The molecule has 2 aromatic heterocycles. The van der Waals surface area contributed by atoms with Gasteiger partial charge in [-0.25, -0.2) is 0 Å². The highest BCUT2D eigenvalue weighted by atomic mass is 35.5. The van der Waals surface area contributed by atoms with E-state index in [1.54, 1.807) is 12.3 Å². The van der Waals surface area contributed by atoms with E-state index in [0.717, 1.165) is 22.4 Å². The molecule has 2 heterocycles. The van der Waals surface area contributed by atoms with E-state index in [2.05, 4.69) is 15.5 Å². The third-order valence-corrected chi connectivity index (χ3v) is 2.76. The number of halogens is 1. The van der Waals surface area contributed by atoms with Gasteiger partial charge in [-0.2, -0.15) is 5.10 Å². The van der Waals surface area contributed by atoms with Crippen molar-refractivity contribution in [3.05, 3.63) is 47.5 Å². The second-order valence-corrected chi connectivity index (χ2v) is 4.07. The molecule has 0 saturated carbocycles. The molecular formula is C12H10ClN3O. The predicted molar refractivity (Wildman–Crippen MR) is 67.1 cm³/mol. The molecule has 0 aliphatic heterocycles. The van der Waals surface area contributed by atoms with Crippen LogP contribution in [0.4, 0.5) is 5.69 Å². The quantitative estimate of drug-likeness (QED) is 0.746. The number of furan rings is 1. The van der Waals surface area contributed by atoms with Gasteiger partial charge in [0.05, 0.1) is 23.9 Å². The number of nitrogens with one attached hydrogen (secondary N) is 2. The molecule has 17 heavy (non-hydrogen) atoms. The van der Waals surface area contributed by atoms with Crippen LogP contribution in [0.3, 0.4) is 0 Å². The van der Waals surface area contributed by atoms with Crippen molar-refractivity contribution in [1.29, 1.82) is 0 Å². The molecule has 2 N–H and O–H groups in total. The Morgan fingerprint density at radius 2 is 2.24 bits per heavy atom. The van der Waals surface area contributed by atoms with Crippen LogP contribution in [0.2, 0.25) is 5.22 Å². The number of benzene rings is 1. The number of anilines is 1. The van der Waals surface area contributed by atoms with Gasteiger partial charge in [-0.1, -0.05) is 12.1 Å². The normalized spacial score (nSPS) is 10.9. The molecule has 0 bridgehead atoms. The fourth-order valence-corrected chi connectivity index (χ4v) is 1.91. The highest BCUT2D eigenvalue weighted by Gasteiger charge is 2.03. The Kier molecular flexibility index (Phi) is 2.49. The molecule has 0 radical (unpaired) electrons. The van der Waals surface area contributed by atoms with Crippen molar-refractivity contribution in [2.45, 2.75) is 6.54 Å². The molecule has 4 nitrogen and oxygen atoms in total. The van der Waals surface area contributed by atoms with E-state index in [1.165, 1.54) is 0 Å². The molecule has 0 saturated heterocycles. The van der Waals surface area contributed by atoms with Gasteiger partial charge in [0.1, 0.15) is 5.76 Å². The maximum atomic E-state index is 5.71. The second kappa shape index (κ2) is 4.14. The average molecular weight is 248 g/mol. The third-order valence-electron chi connectivity index (χ3n) is 2.56. The van der Waals surface area contributed by atoms with E-state index in [1.807, 2.05) is 24.3 Å². The topological polar surface area (TPSA) is 53.9 Å². The van der Waals surface area contributed by atoms with Crippen LogP contribution in [0.1, 0.15) is 5.76 Å². The van der Waals surface area contributed by atoms with Crippen LogP contribution in [0.5, 0.6) is 0 Å². The molecule has 86 valence electrons. The van der Waals surface area contributed by atoms with E-state index in [4.69, 9.17) is 16.0 Å². The lowest BCUT2D eigenvalue weighted by Gasteiger charge is -2.05. The van der Waals surface area contributed by atoms with Crippen LogP contribution in [-0.4, -0.2) is 10.2 Å². The van der Waals surface area contributed by atoms with Crippen molar-refractivity contribution in [3.63, 3.8) is 0 Å². The Balaban J connectivity index is 1.83. The lowest BCUT2D eigenvalue weighted by atomic mass is 10.2. The summed E-state index contributed by atoms with van der Waals surface area (Å²) in [6.45, 7) is 0.588. The Morgan fingerprint density at radius 1 is 1.29 bits per heavy atom. The zero-order chi connectivity index (χ0) is 11.7. The smallest absolute Gasteiger partial charge is 0.193 e. The summed E-state index contributed by atoms with van der Waals surface area (Å²) in [7, 11) is 0. The number of aromatic nitrogens is 2. The van der Waals surface area contributed by atoms with E-state index >= 15 is 0 Å². The van der Waals surface area contributed by atoms with E-state index < -0.39 is 0 Å². The molecule has 0 unspecified atom stereocenters. The zero-order valence-corrected chi connectivity index (χ0v) is 9.66. The number of hydrogen-bond donors (Lipinski definition) is 2. The molecule has 0 aliphatic rings. The highest BCUT2D eigenvalue weighted by molar-refractivity contribution is 6.28. The molecule has 0 spiro atoms. The molecular weight excluding hydrogens is 238 g/mol. The fourth-order valence-electron chi connectivity index (χ4n) is 1.75. The van der Waals surface area contributed by atoms with Crippen LogP contribution >= 0.6 is 11.6 Å². The van der Waals surface area contributed by atoms with Crippen molar-refractivity contribution in [2.75, 3.05) is 5.32 Å². The number of H-pyrrole nitrogens is 1. The monoisotopic (exact) mass is 247 g/mol. The molecule has 3 aromatic rings. The largest absolute Gasteiger partial charge is 0.448 e. The number of nitrogens with zero attached hydrogens (tertiary/aromatic N) is 1. The van der Waals surface area contributed by atoms with Gasteiger partial charge < -0.3 is 9.73 Å². The number of aromatic amines is 1. The van der Waals surface area contributed by atoms with Crippen LogP contribution < -0.4 is 5.32 Å². The van der Waals surface area contributed by atoms with Gasteiger partial charge in [0.15, 0.2) is 5.22 Å². The van der Waals surface area contributed by atoms with Crippen LogP contribution in [0, 0.1) is 0 Å². The lowest BCUT2D eigenvalue weighted by Crippen LogP contribution is -1.98. The number of para-hydroxylation sites is 1. The minimum Gasteiger partial charge on any atom is -0.448 e. The summed E-state index contributed by atoms with van der Waals surface area (Å²) in [4.78, 5) is 0. The first-order valence-corrected chi connectivity index (χ1v) is 5.61. The maximum absolute atomic E-state index is 5.71. The molecule has 5 heteroatoms. The molecule has 3 rings (SSSR count). The van der Waals surface area contributed by atoms with Gasteiger partial charge in [0.25, 0.3) is 0 Å². The SMILES string of the molecule is Clc1ccc(CNc2cccc3cn[nH]c23)o1. The van der Waals surface area contributed by atoms with E-state index in [0.29, 0.717) is 11.8 Å². The summed E-state index contributed by atoms with van der Waals surface area (Å²) in [5, 5.41) is 11.7. The van der Waals surface area contributed by atoms with Crippen molar-refractivity contribution < 1.29 is 4.42 Å². The highest BCUT2D eigenvalue weighted by Crippen LogP contribution is 2.21. The van der Waals surface area contributed by atoms with E-state index in [9.17, 15) is 0 Å². The molecule has 0 aliphatic carbocycles. The van der Waals surface area contributed by atoms with Gasteiger partial charge in [0.2, 0.25) is 0 Å². The fraction of sp³-hybridized carbons (Fsp3) is 0.0833. The standard InChI is InChI=1S/C12H10ClN3O/c13-11-5-4-9(17-11)7-14-10-3-1-2-8-6-15-16-12(8)10/h1-6,14H,7H2,(H,15,16). The minimum absolute atomic E-state index is 0.404. The minimum atomic E-state index is 0.404. The average Bonchev–Trinajstić information content (AvgIpc) is 2.94. The molecule has 1 aromatic carbocycles.